The number of hydrogen-bond acceptors (Lipinski definition) is 3. The third-order valence-corrected chi connectivity index (χ3v) is 3.04. The number of fused-ring (bicyclic) bond motifs is 1. The summed E-state index contributed by atoms with van der Waals surface area (Å²) < 4.78 is 13.6. The van der Waals surface area contributed by atoms with Crippen LogP contribution >= 0.6 is 11.3 Å². The van der Waals surface area contributed by atoms with E-state index in [0.29, 0.717) is 5.46 Å². The largest absolute Gasteiger partial charge is 0.488 e. The summed E-state index contributed by atoms with van der Waals surface area (Å²) in [5.41, 5.74) is 1.18. The van der Waals surface area contributed by atoms with Gasteiger partial charge in [-0.3, -0.25) is 0 Å². The van der Waals surface area contributed by atoms with Crippen LogP contribution in [0.1, 0.15) is 5.56 Å². The average molecular weight is 210 g/mol. The minimum atomic E-state index is -1.50. The molecule has 1 aromatic heterocycles. The van der Waals surface area contributed by atoms with Gasteiger partial charge in [-0.2, -0.15) is 4.39 Å². The summed E-state index contributed by atoms with van der Waals surface area (Å²) in [5.74, 6) is 0. The van der Waals surface area contributed by atoms with E-state index in [1.807, 2.05) is 0 Å². The SMILES string of the molecule is Cc1cc2cc(F)sc2cc1B(O)O. The van der Waals surface area contributed by atoms with Gasteiger partial charge in [-0.05, 0) is 29.9 Å². The van der Waals surface area contributed by atoms with Gasteiger partial charge in [0.2, 0.25) is 0 Å². The van der Waals surface area contributed by atoms with Gasteiger partial charge < -0.3 is 10.0 Å². The molecule has 0 spiro atoms. The highest BCUT2D eigenvalue weighted by Gasteiger charge is 2.15. The molecular weight excluding hydrogens is 202 g/mol. The third kappa shape index (κ3) is 1.54. The van der Waals surface area contributed by atoms with Crippen molar-refractivity contribution in [2.75, 3.05) is 0 Å². The second-order valence-electron chi connectivity index (χ2n) is 3.17. The smallest absolute Gasteiger partial charge is 0.423 e. The van der Waals surface area contributed by atoms with Gasteiger partial charge in [-0.1, -0.05) is 11.6 Å². The van der Waals surface area contributed by atoms with E-state index in [-0.39, 0.29) is 5.13 Å². The van der Waals surface area contributed by atoms with Gasteiger partial charge in [0.25, 0.3) is 0 Å². The van der Waals surface area contributed by atoms with Crippen molar-refractivity contribution in [1.82, 2.24) is 0 Å². The predicted molar refractivity (Wildman–Crippen MR) is 56.3 cm³/mol. The summed E-state index contributed by atoms with van der Waals surface area (Å²) in [6.45, 7) is 1.77. The zero-order valence-corrected chi connectivity index (χ0v) is 8.31. The van der Waals surface area contributed by atoms with Gasteiger partial charge in [0.05, 0.1) is 0 Å². The number of hydrogen-bond donors (Lipinski definition) is 2. The first-order valence-corrected chi connectivity index (χ1v) is 4.95. The van der Waals surface area contributed by atoms with Crippen LogP contribution in [-0.2, 0) is 0 Å². The second-order valence-corrected chi connectivity index (χ2v) is 4.20. The van der Waals surface area contributed by atoms with E-state index in [9.17, 15) is 4.39 Å². The Morgan fingerprint density at radius 1 is 1.29 bits per heavy atom. The Balaban J connectivity index is 2.70. The molecule has 0 aliphatic heterocycles. The Labute approximate surface area is 84.8 Å². The summed E-state index contributed by atoms with van der Waals surface area (Å²) in [4.78, 5) is 0. The van der Waals surface area contributed by atoms with E-state index in [0.717, 1.165) is 27.0 Å². The van der Waals surface area contributed by atoms with Crippen LogP contribution in [0.2, 0.25) is 0 Å². The van der Waals surface area contributed by atoms with Crippen molar-refractivity contribution in [3.63, 3.8) is 0 Å². The molecule has 0 saturated carbocycles. The molecule has 2 aromatic rings. The fourth-order valence-corrected chi connectivity index (χ4v) is 2.28. The Morgan fingerprint density at radius 2 is 2.00 bits per heavy atom. The third-order valence-electron chi connectivity index (χ3n) is 2.15. The monoisotopic (exact) mass is 210 g/mol. The molecular formula is C9H8BFO2S. The zero-order valence-electron chi connectivity index (χ0n) is 7.49. The van der Waals surface area contributed by atoms with Crippen molar-refractivity contribution in [3.05, 3.63) is 28.9 Å². The lowest BCUT2D eigenvalue weighted by atomic mass is 9.77. The van der Waals surface area contributed by atoms with Gasteiger partial charge in [-0.15, -0.1) is 11.3 Å². The molecule has 0 fully saturated rings. The van der Waals surface area contributed by atoms with Gasteiger partial charge in [0.15, 0.2) is 5.13 Å². The Bertz CT molecular complexity index is 481. The van der Waals surface area contributed by atoms with Gasteiger partial charge in [-0.25, -0.2) is 0 Å². The van der Waals surface area contributed by atoms with E-state index in [4.69, 9.17) is 10.0 Å². The molecule has 0 saturated heterocycles. The van der Waals surface area contributed by atoms with E-state index < -0.39 is 7.12 Å². The molecule has 72 valence electrons. The van der Waals surface area contributed by atoms with Crippen molar-refractivity contribution < 1.29 is 14.4 Å². The average Bonchev–Trinajstić information content (AvgIpc) is 2.42. The number of thiophene rings is 1. The molecule has 5 heteroatoms. The van der Waals surface area contributed by atoms with Crippen LogP contribution < -0.4 is 5.46 Å². The van der Waals surface area contributed by atoms with Crippen LogP contribution in [0.15, 0.2) is 18.2 Å². The maximum absolute atomic E-state index is 12.9. The quantitative estimate of drug-likeness (QED) is 0.690. The fraction of sp³-hybridized carbons (Fsp3) is 0.111. The van der Waals surface area contributed by atoms with E-state index in [1.54, 1.807) is 19.1 Å². The molecule has 0 atom stereocenters. The van der Waals surface area contributed by atoms with E-state index in [2.05, 4.69) is 0 Å². The zero-order chi connectivity index (χ0) is 10.3. The standard InChI is InChI=1S/C9H8BFO2S/c1-5-2-6-3-9(11)14-8(6)4-7(5)10(12)13/h2-4,12-13H,1H3. The molecule has 1 aromatic carbocycles. The predicted octanol–water partition coefficient (Wildman–Crippen LogP) is 1.03. The molecule has 0 unspecified atom stereocenters. The number of halogens is 1. The highest BCUT2D eigenvalue weighted by molar-refractivity contribution is 7.17. The fourth-order valence-electron chi connectivity index (χ4n) is 1.46. The van der Waals surface area contributed by atoms with Crippen LogP contribution in [0.3, 0.4) is 0 Å². The van der Waals surface area contributed by atoms with E-state index >= 15 is 0 Å². The highest BCUT2D eigenvalue weighted by atomic mass is 32.1. The van der Waals surface area contributed by atoms with Crippen molar-refractivity contribution in [3.8, 4) is 0 Å². The molecule has 2 N–H and O–H groups in total. The minimum Gasteiger partial charge on any atom is -0.423 e. The van der Waals surface area contributed by atoms with Crippen molar-refractivity contribution in [1.29, 1.82) is 0 Å². The van der Waals surface area contributed by atoms with Crippen LogP contribution in [0.4, 0.5) is 4.39 Å². The summed E-state index contributed by atoms with van der Waals surface area (Å²) in [6.07, 6.45) is 0. The van der Waals surface area contributed by atoms with Gasteiger partial charge in [0.1, 0.15) is 0 Å². The molecule has 2 nitrogen and oxygen atoms in total. The maximum atomic E-state index is 12.9. The number of rotatable bonds is 1. The molecule has 14 heavy (non-hydrogen) atoms. The summed E-state index contributed by atoms with van der Waals surface area (Å²) >= 11 is 1.00. The van der Waals surface area contributed by atoms with Crippen LogP contribution in [0, 0.1) is 12.1 Å². The van der Waals surface area contributed by atoms with Crippen molar-refractivity contribution >= 4 is 34.0 Å². The molecule has 0 amide bonds. The van der Waals surface area contributed by atoms with Crippen molar-refractivity contribution in [2.24, 2.45) is 0 Å². The first-order valence-electron chi connectivity index (χ1n) is 4.13. The van der Waals surface area contributed by atoms with Crippen LogP contribution in [0.5, 0.6) is 0 Å². The number of benzene rings is 1. The van der Waals surface area contributed by atoms with Gasteiger partial charge >= 0.3 is 7.12 Å². The maximum Gasteiger partial charge on any atom is 0.488 e. The lowest BCUT2D eigenvalue weighted by Crippen LogP contribution is -2.31. The Morgan fingerprint density at radius 3 is 2.64 bits per heavy atom. The van der Waals surface area contributed by atoms with Gasteiger partial charge in [0, 0.05) is 4.70 Å². The normalized spacial score (nSPS) is 10.9. The first-order chi connectivity index (χ1) is 6.58. The molecule has 2 rings (SSSR count). The summed E-state index contributed by atoms with van der Waals surface area (Å²) in [7, 11) is -1.50. The first kappa shape index (κ1) is 9.64. The molecule has 1 heterocycles. The molecule has 0 bridgehead atoms. The molecule has 0 aliphatic rings. The summed E-state index contributed by atoms with van der Waals surface area (Å²) in [6, 6.07) is 4.81. The van der Waals surface area contributed by atoms with Crippen LogP contribution in [0.25, 0.3) is 10.1 Å². The molecule has 0 radical (unpaired) electrons. The van der Waals surface area contributed by atoms with Crippen molar-refractivity contribution in [2.45, 2.75) is 6.92 Å². The minimum absolute atomic E-state index is 0.260. The number of aryl methyl sites for hydroxylation is 1. The Kier molecular flexibility index (Phi) is 2.30. The van der Waals surface area contributed by atoms with Crippen LogP contribution in [-0.4, -0.2) is 17.2 Å². The Hall–Kier alpha value is -0.905. The second kappa shape index (κ2) is 3.35. The topological polar surface area (TPSA) is 40.5 Å². The summed E-state index contributed by atoms with van der Waals surface area (Å²) in [5, 5.41) is 18.6. The lowest BCUT2D eigenvalue weighted by molar-refractivity contribution is 0.425. The van der Waals surface area contributed by atoms with E-state index in [1.165, 1.54) is 6.07 Å². The highest BCUT2D eigenvalue weighted by Crippen LogP contribution is 2.24. The lowest BCUT2D eigenvalue weighted by Gasteiger charge is -2.03. The molecule has 0 aliphatic carbocycles.